The van der Waals surface area contributed by atoms with Gasteiger partial charge in [0.05, 0.1) is 38.1 Å². The number of aliphatic hydroxyl groups is 1. The predicted octanol–water partition coefficient (Wildman–Crippen LogP) is 3.39. The van der Waals surface area contributed by atoms with Crippen LogP contribution in [0.3, 0.4) is 0 Å². The summed E-state index contributed by atoms with van der Waals surface area (Å²) in [6.45, 7) is 11.4. The van der Waals surface area contributed by atoms with Gasteiger partial charge in [0.15, 0.2) is 0 Å². The Bertz CT molecular complexity index is 1100. The minimum atomic E-state index is -0.239. The van der Waals surface area contributed by atoms with Gasteiger partial charge in [-0.05, 0) is 82.3 Å². The van der Waals surface area contributed by atoms with E-state index < -0.39 is 0 Å². The molecule has 9 heteroatoms. The quantitative estimate of drug-likeness (QED) is 0.489. The Morgan fingerprint density at radius 3 is 2.57 bits per heavy atom. The van der Waals surface area contributed by atoms with Crippen molar-refractivity contribution in [3.05, 3.63) is 40.7 Å². The fraction of sp³-hybridized carbons (Fsp3) is 0.607. The monoisotopic (exact) mass is 508 g/mol. The van der Waals surface area contributed by atoms with Gasteiger partial charge in [-0.25, -0.2) is 9.97 Å². The number of hydrogen-bond donors (Lipinski definition) is 3. The molecule has 3 fully saturated rings. The van der Waals surface area contributed by atoms with Crippen LogP contribution in [0.4, 0.5) is 17.3 Å². The number of piperidine rings is 1. The van der Waals surface area contributed by atoms with Gasteiger partial charge in [0.1, 0.15) is 17.5 Å². The van der Waals surface area contributed by atoms with Gasteiger partial charge >= 0.3 is 0 Å². The highest BCUT2D eigenvalue weighted by Gasteiger charge is 2.31. The Hall–Kier alpha value is -2.59. The highest BCUT2D eigenvalue weighted by Crippen LogP contribution is 2.35. The van der Waals surface area contributed by atoms with Gasteiger partial charge in [-0.3, -0.25) is 4.90 Å². The zero-order chi connectivity index (χ0) is 25.9. The Morgan fingerprint density at radius 1 is 1.11 bits per heavy atom. The van der Waals surface area contributed by atoms with E-state index in [1.54, 1.807) is 0 Å². The van der Waals surface area contributed by atoms with Gasteiger partial charge in [0.25, 0.3) is 0 Å². The molecular formula is C28H40N6O3. The molecule has 3 saturated heterocycles. The van der Waals surface area contributed by atoms with Crippen LogP contribution in [0.5, 0.6) is 0 Å². The fourth-order valence-electron chi connectivity index (χ4n) is 5.76. The van der Waals surface area contributed by atoms with Crippen LogP contribution in [0.25, 0.3) is 0 Å². The number of aliphatic hydroxyl groups excluding tert-OH is 1. The van der Waals surface area contributed by atoms with Crippen molar-refractivity contribution in [2.24, 2.45) is 0 Å². The Kier molecular flexibility index (Phi) is 8.04. The summed E-state index contributed by atoms with van der Waals surface area (Å²) in [7, 11) is 0. The number of ether oxygens (including phenoxy) is 2. The van der Waals surface area contributed by atoms with Crippen LogP contribution in [0.1, 0.15) is 54.6 Å². The number of benzene rings is 1. The van der Waals surface area contributed by atoms with Gasteiger partial charge in [-0.1, -0.05) is 0 Å². The van der Waals surface area contributed by atoms with Gasteiger partial charge in [-0.2, -0.15) is 0 Å². The van der Waals surface area contributed by atoms with Crippen LogP contribution in [0.2, 0.25) is 0 Å². The van der Waals surface area contributed by atoms with Gasteiger partial charge < -0.3 is 30.2 Å². The zero-order valence-corrected chi connectivity index (χ0v) is 22.2. The van der Waals surface area contributed by atoms with Crippen molar-refractivity contribution in [1.29, 1.82) is 5.41 Å². The summed E-state index contributed by atoms with van der Waals surface area (Å²) in [5.41, 5.74) is 4.34. The Morgan fingerprint density at radius 2 is 1.89 bits per heavy atom. The maximum atomic E-state index is 9.75. The molecule has 2 atom stereocenters. The lowest BCUT2D eigenvalue weighted by atomic mass is 9.85. The van der Waals surface area contributed by atoms with E-state index in [4.69, 9.17) is 19.9 Å². The van der Waals surface area contributed by atoms with Gasteiger partial charge in [0, 0.05) is 36.6 Å². The van der Waals surface area contributed by atoms with Crippen LogP contribution in [-0.2, 0) is 9.47 Å². The number of aryl methyl sites for hydroxylation is 2. The number of nitrogens with zero attached hydrogens (tertiary/aromatic N) is 4. The Labute approximate surface area is 219 Å². The third kappa shape index (κ3) is 5.95. The van der Waals surface area contributed by atoms with E-state index in [-0.39, 0.29) is 18.8 Å². The average molecular weight is 509 g/mol. The lowest BCUT2D eigenvalue weighted by Gasteiger charge is -2.41. The molecule has 5 rings (SSSR count). The number of hydrogen-bond acceptors (Lipinski definition) is 9. The minimum absolute atomic E-state index is 0.0157. The number of nitrogens with one attached hydrogen (secondary N) is 2. The van der Waals surface area contributed by atoms with Crippen LogP contribution in [-0.4, -0.2) is 90.4 Å². The molecule has 0 bridgehead atoms. The number of likely N-dealkylation sites (tertiary alicyclic amines) is 1. The molecule has 3 N–H and O–H groups in total. The summed E-state index contributed by atoms with van der Waals surface area (Å²) < 4.78 is 11.3. The molecule has 1 aromatic heterocycles. The van der Waals surface area contributed by atoms with E-state index in [1.807, 2.05) is 19.9 Å². The number of anilines is 3. The molecule has 200 valence electrons. The lowest BCUT2D eigenvalue weighted by molar-refractivity contribution is -0.0712. The van der Waals surface area contributed by atoms with Crippen LogP contribution in [0, 0.1) is 19.3 Å². The topological polar surface area (TPSA) is 107 Å². The first-order valence-electron chi connectivity index (χ1n) is 13.5. The number of rotatable bonds is 7. The molecule has 3 aliphatic heterocycles. The second-order valence-electron chi connectivity index (χ2n) is 10.7. The highest BCUT2D eigenvalue weighted by molar-refractivity contribution is 5.88. The van der Waals surface area contributed by atoms with E-state index in [9.17, 15) is 5.11 Å². The molecule has 0 spiro atoms. The molecule has 3 aliphatic rings. The largest absolute Gasteiger partial charge is 0.394 e. The molecule has 37 heavy (non-hydrogen) atoms. The van der Waals surface area contributed by atoms with E-state index in [0.29, 0.717) is 30.1 Å². The maximum absolute atomic E-state index is 9.75. The molecule has 0 radical (unpaired) electrons. The summed E-state index contributed by atoms with van der Waals surface area (Å²) >= 11 is 0. The molecule has 4 heterocycles. The smallest absolute Gasteiger partial charge is 0.136 e. The van der Waals surface area contributed by atoms with E-state index in [0.717, 1.165) is 69.2 Å². The predicted molar refractivity (Wildman–Crippen MR) is 146 cm³/mol. The first kappa shape index (κ1) is 26.0. The molecule has 1 aromatic carbocycles. The van der Waals surface area contributed by atoms with Crippen molar-refractivity contribution in [2.45, 2.75) is 64.2 Å². The lowest BCUT2D eigenvalue weighted by Crippen LogP contribution is -2.51. The highest BCUT2D eigenvalue weighted by atomic mass is 16.5. The molecule has 0 saturated carbocycles. The van der Waals surface area contributed by atoms with Gasteiger partial charge in [-0.15, -0.1) is 0 Å². The van der Waals surface area contributed by atoms with E-state index in [2.05, 4.69) is 39.2 Å². The summed E-state index contributed by atoms with van der Waals surface area (Å²) in [6.07, 6.45) is 4.41. The summed E-state index contributed by atoms with van der Waals surface area (Å²) in [5.74, 6) is 2.71. The van der Waals surface area contributed by atoms with Crippen molar-refractivity contribution in [1.82, 2.24) is 14.9 Å². The molecule has 0 aliphatic carbocycles. The molecule has 0 amide bonds. The summed E-state index contributed by atoms with van der Waals surface area (Å²) in [5, 5.41) is 21.3. The fourth-order valence-corrected chi connectivity index (χ4v) is 5.76. The SMILES string of the molecule is Cc1nc(Nc2cc(C3CCN(C4COC4)CC3)c(C)cc2C=N)cc(N2CCC(C)OC(CO)C2)n1. The first-order valence-corrected chi connectivity index (χ1v) is 13.5. The first-order chi connectivity index (χ1) is 17.9. The zero-order valence-electron chi connectivity index (χ0n) is 22.2. The van der Waals surface area contributed by atoms with Crippen molar-refractivity contribution >= 4 is 23.5 Å². The third-order valence-corrected chi connectivity index (χ3v) is 7.97. The molecule has 9 nitrogen and oxygen atoms in total. The van der Waals surface area contributed by atoms with Crippen LogP contribution < -0.4 is 10.2 Å². The van der Waals surface area contributed by atoms with E-state index >= 15 is 0 Å². The molecule has 2 unspecified atom stereocenters. The second kappa shape index (κ2) is 11.4. The average Bonchev–Trinajstić information content (AvgIpc) is 3.05. The van der Waals surface area contributed by atoms with Crippen molar-refractivity contribution in [3.63, 3.8) is 0 Å². The summed E-state index contributed by atoms with van der Waals surface area (Å²) in [4.78, 5) is 14.1. The summed E-state index contributed by atoms with van der Waals surface area (Å²) in [6, 6.07) is 6.90. The van der Waals surface area contributed by atoms with Crippen LogP contribution >= 0.6 is 0 Å². The van der Waals surface area contributed by atoms with Crippen molar-refractivity contribution < 1.29 is 14.6 Å². The second-order valence-corrected chi connectivity index (χ2v) is 10.7. The van der Waals surface area contributed by atoms with Crippen molar-refractivity contribution in [3.8, 4) is 0 Å². The van der Waals surface area contributed by atoms with Crippen molar-refractivity contribution in [2.75, 3.05) is 56.2 Å². The molecular weight excluding hydrogens is 468 g/mol. The minimum Gasteiger partial charge on any atom is -0.394 e. The maximum Gasteiger partial charge on any atom is 0.136 e. The number of aromatic nitrogens is 2. The molecule has 2 aromatic rings. The standard InChI is InChI=1S/C28H40N6O3/c1-18-10-22(13-29)26(11-25(18)21-5-8-33(9-6-21)23-16-36-17-23)32-27-12-28(31-20(3)30-27)34-7-4-19(2)37-24(14-34)15-35/h10-13,19,21,23-24,29,35H,4-9,14-17H2,1-3H3,(H,30,31,32). The van der Waals surface area contributed by atoms with Gasteiger partial charge in [0.2, 0.25) is 0 Å². The van der Waals surface area contributed by atoms with Crippen LogP contribution in [0.15, 0.2) is 18.2 Å². The third-order valence-electron chi connectivity index (χ3n) is 7.97. The van der Waals surface area contributed by atoms with E-state index in [1.165, 1.54) is 17.3 Å². The normalized spacial score (nSPS) is 23.9. The Balaban J connectivity index is 1.36.